The molecule has 2 aromatic carbocycles. The highest BCUT2D eigenvalue weighted by Crippen LogP contribution is 2.34. The number of hydrogen-bond donors (Lipinski definition) is 5. The molecule has 19 heavy (non-hydrogen) atoms. The first kappa shape index (κ1) is 12.5. The average Bonchev–Trinajstić information content (AvgIpc) is 2.40. The molecule has 98 valence electrons. The number of nitrogens with two attached hydrogens (primary N) is 3. The van der Waals surface area contributed by atoms with Crippen LogP contribution in [0.4, 0.5) is 5.69 Å². The zero-order valence-electron chi connectivity index (χ0n) is 10.0. The van der Waals surface area contributed by atoms with Crippen LogP contribution in [0.15, 0.2) is 46.5 Å². The SMILES string of the molecule is NC(N)=NNC(N)=Nc1ccc2ccccc2c1O. The predicted octanol–water partition coefficient (Wildman–Crippen LogP) is 0.270. The number of fused-ring (bicyclic) bond motifs is 1. The average molecular weight is 258 g/mol. The van der Waals surface area contributed by atoms with Crippen LogP contribution in [0.25, 0.3) is 10.8 Å². The molecule has 0 amide bonds. The van der Waals surface area contributed by atoms with E-state index < -0.39 is 0 Å². The number of nitrogens with zero attached hydrogens (tertiary/aromatic N) is 2. The van der Waals surface area contributed by atoms with Crippen LogP contribution < -0.4 is 22.6 Å². The maximum atomic E-state index is 10.1. The molecule has 0 bridgehead atoms. The van der Waals surface area contributed by atoms with Gasteiger partial charge in [0, 0.05) is 5.39 Å². The molecule has 2 rings (SSSR count). The molecule has 8 N–H and O–H groups in total. The Bertz CT molecular complexity index is 660. The normalized spacial score (nSPS) is 11.3. The van der Waals surface area contributed by atoms with Gasteiger partial charge in [-0.3, -0.25) is 0 Å². The van der Waals surface area contributed by atoms with E-state index in [4.69, 9.17) is 17.2 Å². The highest BCUT2D eigenvalue weighted by Gasteiger charge is 2.05. The first-order valence-corrected chi connectivity index (χ1v) is 5.47. The summed E-state index contributed by atoms with van der Waals surface area (Å²) in [5.41, 5.74) is 18.6. The minimum Gasteiger partial charge on any atom is -0.505 e. The van der Waals surface area contributed by atoms with Crippen LogP contribution in [-0.2, 0) is 0 Å². The summed E-state index contributed by atoms with van der Waals surface area (Å²) in [6.07, 6.45) is 0. The van der Waals surface area contributed by atoms with E-state index in [9.17, 15) is 5.11 Å². The Balaban J connectivity index is 2.38. The van der Waals surface area contributed by atoms with Gasteiger partial charge in [-0.1, -0.05) is 30.3 Å². The van der Waals surface area contributed by atoms with Crippen LogP contribution in [0.3, 0.4) is 0 Å². The van der Waals surface area contributed by atoms with Crippen molar-refractivity contribution in [1.29, 1.82) is 0 Å². The lowest BCUT2D eigenvalue weighted by molar-refractivity contribution is 0.483. The van der Waals surface area contributed by atoms with Gasteiger partial charge < -0.3 is 22.3 Å². The molecule has 0 aliphatic heterocycles. The van der Waals surface area contributed by atoms with Crippen LogP contribution >= 0.6 is 0 Å². The highest BCUT2D eigenvalue weighted by molar-refractivity contribution is 5.94. The maximum absolute atomic E-state index is 10.1. The lowest BCUT2D eigenvalue weighted by Crippen LogP contribution is -2.32. The van der Waals surface area contributed by atoms with Crippen LogP contribution in [0.5, 0.6) is 5.75 Å². The van der Waals surface area contributed by atoms with Gasteiger partial charge in [-0.15, -0.1) is 5.10 Å². The van der Waals surface area contributed by atoms with Gasteiger partial charge in [0.15, 0.2) is 0 Å². The number of phenolic OH excluding ortho intramolecular Hbond substituents is 1. The van der Waals surface area contributed by atoms with Crippen molar-refractivity contribution >= 4 is 28.4 Å². The first-order valence-electron chi connectivity index (χ1n) is 5.47. The predicted molar refractivity (Wildman–Crippen MR) is 75.8 cm³/mol. The van der Waals surface area contributed by atoms with E-state index in [0.717, 1.165) is 5.39 Å². The van der Waals surface area contributed by atoms with E-state index in [1.54, 1.807) is 12.1 Å². The van der Waals surface area contributed by atoms with Gasteiger partial charge in [0.25, 0.3) is 0 Å². The van der Waals surface area contributed by atoms with Crippen molar-refractivity contribution in [2.75, 3.05) is 0 Å². The maximum Gasteiger partial charge on any atom is 0.214 e. The van der Waals surface area contributed by atoms with E-state index in [1.165, 1.54) is 0 Å². The molecule has 0 saturated heterocycles. The zero-order valence-corrected chi connectivity index (χ0v) is 10.0. The molecule has 0 spiro atoms. The minimum atomic E-state index is -0.166. The third kappa shape index (κ3) is 2.83. The number of guanidine groups is 2. The van der Waals surface area contributed by atoms with E-state index >= 15 is 0 Å². The lowest BCUT2D eigenvalue weighted by Gasteiger charge is -2.05. The summed E-state index contributed by atoms with van der Waals surface area (Å²) < 4.78 is 0. The number of nitrogens with one attached hydrogen (secondary N) is 1. The smallest absolute Gasteiger partial charge is 0.214 e. The monoisotopic (exact) mass is 258 g/mol. The fourth-order valence-corrected chi connectivity index (χ4v) is 1.61. The van der Waals surface area contributed by atoms with Crippen molar-refractivity contribution in [1.82, 2.24) is 5.43 Å². The first-order chi connectivity index (χ1) is 9.08. The highest BCUT2D eigenvalue weighted by atomic mass is 16.3. The van der Waals surface area contributed by atoms with Crippen LogP contribution in [0.1, 0.15) is 0 Å². The standard InChI is InChI=1S/C12H14N6O/c13-11(14)17-18-12(15)16-9-6-5-7-3-1-2-4-8(7)10(9)19/h1-6,19H,(H4,13,14,17)(H3,15,16,18). The number of hydrazone groups is 1. The van der Waals surface area contributed by atoms with E-state index in [2.05, 4.69) is 15.5 Å². The Labute approximate surface area is 109 Å². The second kappa shape index (κ2) is 5.13. The molecule has 0 heterocycles. The molecule has 0 aliphatic rings. The Kier molecular flexibility index (Phi) is 3.37. The molecule has 0 saturated carbocycles. The van der Waals surface area contributed by atoms with Crippen molar-refractivity contribution in [3.63, 3.8) is 0 Å². The number of phenols is 1. The van der Waals surface area contributed by atoms with Crippen molar-refractivity contribution in [3.8, 4) is 5.75 Å². The van der Waals surface area contributed by atoms with Gasteiger partial charge in [0.1, 0.15) is 11.4 Å². The quantitative estimate of drug-likeness (QED) is 0.299. The second-order valence-electron chi connectivity index (χ2n) is 3.80. The molecule has 0 atom stereocenters. The summed E-state index contributed by atoms with van der Waals surface area (Å²) in [6, 6.07) is 10.9. The molecule has 0 aliphatic carbocycles. The Morgan fingerprint density at radius 1 is 1.05 bits per heavy atom. The van der Waals surface area contributed by atoms with Gasteiger partial charge in [0.2, 0.25) is 11.9 Å². The summed E-state index contributed by atoms with van der Waals surface area (Å²) >= 11 is 0. The van der Waals surface area contributed by atoms with Crippen molar-refractivity contribution in [2.45, 2.75) is 0 Å². The van der Waals surface area contributed by atoms with Gasteiger partial charge in [-0.05, 0) is 11.5 Å². The second-order valence-corrected chi connectivity index (χ2v) is 3.80. The Morgan fingerprint density at radius 3 is 2.53 bits per heavy atom. The largest absolute Gasteiger partial charge is 0.505 e. The summed E-state index contributed by atoms with van der Waals surface area (Å²) in [6.45, 7) is 0. The van der Waals surface area contributed by atoms with Gasteiger partial charge in [-0.2, -0.15) is 0 Å². The summed E-state index contributed by atoms with van der Waals surface area (Å²) in [5, 5.41) is 15.2. The fourth-order valence-electron chi connectivity index (χ4n) is 1.61. The molecule has 7 nitrogen and oxygen atoms in total. The molecule has 0 aromatic heterocycles. The number of aromatic hydroxyl groups is 1. The zero-order chi connectivity index (χ0) is 13.8. The van der Waals surface area contributed by atoms with Crippen LogP contribution in [-0.4, -0.2) is 17.0 Å². The fraction of sp³-hybridized carbons (Fsp3) is 0. The van der Waals surface area contributed by atoms with Crippen LogP contribution in [0, 0.1) is 0 Å². The third-order valence-electron chi connectivity index (χ3n) is 2.42. The van der Waals surface area contributed by atoms with Crippen LogP contribution in [0.2, 0.25) is 0 Å². The molecule has 0 radical (unpaired) electrons. The van der Waals surface area contributed by atoms with Crippen molar-refractivity contribution in [3.05, 3.63) is 36.4 Å². The van der Waals surface area contributed by atoms with Crippen molar-refractivity contribution < 1.29 is 5.11 Å². The minimum absolute atomic E-state index is 0.0287. The molecular formula is C12H14N6O. The Morgan fingerprint density at radius 2 is 1.79 bits per heavy atom. The number of hydrogen-bond acceptors (Lipinski definition) is 3. The lowest BCUT2D eigenvalue weighted by atomic mass is 10.1. The molecule has 0 unspecified atom stereocenters. The van der Waals surface area contributed by atoms with Crippen molar-refractivity contribution in [2.24, 2.45) is 27.3 Å². The van der Waals surface area contributed by atoms with Gasteiger partial charge in [0.05, 0.1) is 0 Å². The molecule has 2 aromatic rings. The molecule has 7 heteroatoms. The number of rotatable bonds is 2. The van der Waals surface area contributed by atoms with E-state index in [1.807, 2.05) is 24.3 Å². The topological polar surface area (TPSA) is 135 Å². The Hall–Kier alpha value is -2.96. The van der Waals surface area contributed by atoms with Gasteiger partial charge >= 0.3 is 0 Å². The van der Waals surface area contributed by atoms with E-state index in [-0.39, 0.29) is 17.7 Å². The molecule has 0 fully saturated rings. The molecular weight excluding hydrogens is 244 g/mol. The summed E-state index contributed by atoms with van der Waals surface area (Å²) in [4.78, 5) is 4.00. The summed E-state index contributed by atoms with van der Waals surface area (Å²) in [7, 11) is 0. The third-order valence-corrected chi connectivity index (χ3v) is 2.42. The number of aliphatic imine (C=N–C) groups is 1. The summed E-state index contributed by atoms with van der Waals surface area (Å²) in [5.74, 6) is -0.146. The van der Waals surface area contributed by atoms with E-state index in [0.29, 0.717) is 11.1 Å². The number of benzene rings is 2. The van der Waals surface area contributed by atoms with Gasteiger partial charge in [-0.25, -0.2) is 10.4 Å².